The number of amides is 2. The van der Waals surface area contributed by atoms with Crippen LogP contribution in [0.4, 0.5) is 0 Å². The number of carbonyl (C=O) groups is 2. The highest BCUT2D eigenvalue weighted by atomic mass is 16.5. The molecule has 0 aliphatic rings. The monoisotopic (exact) mass is 370 g/mol. The van der Waals surface area contributed by atoms with Crippen molar-refractivity contribution in [3.8, 4) is 5.75 Å². The van der Waals surface area contributed by atoms with Gasteiger partial charge in [0.2, 0.25) is 11.8 Å². The summed E-state index contributed by atoms with van der Waals surface area (Å²) in [4.78, 5) is 23.2. The van der Waals surface area contributed by atoms with Gasteiger partial charge < -0.3 is 20.9 Å². The molecule has 4 N–H and O–H groups in total. The Morgan fingerprint density at radius 2 is 1.89 bits per heavy atom. The quantitative estimate of drug-likeness (QED) is 0.594. The van der Waals surface area contributed by atoms with E-state index in [1.54, 1.807) is 24.3 Å². The number of nitrogens with one attached hydrogen (secondary N) is 1. The number of nitrogens with two attached hydrogens (primary N) is 1. The summed E-state index contributed by atoms with van der Waals surface area (Å²) in [5, 5.41) is 12.6. The number of primary amides is 1. The van der Waals surface area contributed by atoms with Crippen molar-refractivity contribution in [2.45, 2.75) is 19.8 Å². The Kier molecular flexibility index (Phi) is 7.37. The highest BCUT2D eigenvalue weighted by Crippen LogP contribution is 2.21. The first-order valence-corrected chi connectivity index (χ1v) is 8.86. The summed E-state index contributed by atoms with van der Waals surface area (Å²) in [5.41, 5.74) is 6.26. The number of hydrogen-bond donors (Lipinski definition) is 3. The van der Waals surface area contributed by atoms with Gasteiger partial charge in [-0.2, -0.15) is 0 Å². The average Bonchev–Trinajstić information content (AvgIpc) is 2.67. The van der Waals surface area contributed by atoms with Crippen LogP contribution in [-0.2, 0) is 11.2 Å². The lowest BCUT2D eigenvalue weighted by Gasteiger charge is -2.27. The van der Waals surface area contributed by atoms with Crippen LogP contribution in [0.25, 0.3) is 0 Å². The van der Waals surface area contributed by atoms with Crippen LogP contribution in [0.3, 0.4) is 0 Å². The van der Waals surface area contributed by atoms with E-state index in [0.717, 1.165) is 5.56 Å². The molecule has 2 rings (SSSR count). The van der Waals surface area contributed by atoms with Gasteiger partial charge in [-0.15, -0.1) is 0 Å². The van der Waals surface area contributed by atoms with Gasteiger partial charge in [0.25, 0.3) is 0 Å². The van der Waals surface area contributed by atoms with Gasteiger partial charge in [-0.05, 0) is 30.2 Å². The summed E-state index contributed by atoms with van der Waals surface area (Å²) in [5.74, 6) is -0.197. The van der Waals surface area contributed by atoms with Gasteiger partial charge in [0.05, 0.1) is 19.6 Å². The van der Waals surface area contributed by atoms with E-state index in [2.05, 4.69) is 5.32 Å². The Bertz CT molecular complexity index is 764. The molecule has 0 fully saturated rings. The fourth-order valence-electron chi connectivity index (χ4n) is 2.66. The van der Waals surface area contributed by atoms with Gasteiger partial charge in [0, 0.05) is 17.5 Å². The zero-order chi connectivity index (χ0) is 19.7. The number of hydrogen-bond acceptors (Lipinski definition) is 4. The molecule has 0 radical (unpaired) electrons. The van der Waals surface area contributed by atoms with Crippen LogP contribution in [0.5, 0.6) is 5.75 Å². The minimum atomic E-state index is -0.528. The Hall–Kier alpha value is -2.86. The summed E-state index contributed by atoms with van der Waals surface area (Å²) in [6.45, 7) is 2.46. The van der Waals surface area contributed by atoms with Crippen molar-refractivity contribution in [3.05, 3.63) is 65.7 Å². The van der Waals surface area contributed by atoms with Gasteiger partial charge in [0.15, 0.2) is 0 Å². The predicted octanol–water partition coefficient (Wildman–Crippen LogP) is 1.91. The maximum absolute atomic E-state index is 12.1. The zero-order valence-corrected chi connectivity index (χ0v) is 15.5. The molecule has 2 amide bonds. The zero-order valence-electron chi connectivity index (χ0n) is 15.5. The molecular weight excluding hydrogens is 344 g/mol. The van der Waals surface area contributed by atoms with E-state index >= 15 is 0 Å². The van der Waals surface area contributed by atoms with E-state index in [4.69, 9.17) is 10.5 Å². The minimum absolute atomic E-state index is 0.0292. The Balaban J connectivity index is 1.78. The second-order valence-electron chi connectivity index (χ2n) is 6.90. The van der Waals surface area contributed by atoms with E-state index in [1.165, 1.54) is 0 Å². The average molecular weight is 370 g/mol. The van der Waals surface area contributed by atoms with Crippen LogP contribution in [0.2, 0.25) is 0 Å². The van der Waals surface area contributed by atoms with E-state index < -0.39 is 11.3 Å². The fourth-order valence-corrected chi connectivity index (χ4v) is 2.66. The highest BCUT2D eigenvalue weighted by Gasteiger charge is 2.24. The molecule has 6 heteroatoms. The van der Waals surface area contributed by atoms with Gasteiger partial charge in [0.1, 0.15) is 5.75 Å². The van der Waals surface area contributed by atoms with Crippen LogP contribution in [0, 0.1) is 5.41 Å². The van der Waals surface area contributed by atoms with Crippen LogP contribution in [0.15, 0.2) is 54.6 Å². The van der Waals surface area contributed by atoms with Crippen molar-refractivity contribution in [1.29, 1.82) is 0 Å². The molecule has 6 nitrogen and oxygen atoms in total. The van der Waals surface area contributed by atoms with E-state index in [9.17, 15) is 14.7 Å². The first-order valence-electron chi connectivity index (χ1n) is 8.86. The molecule has 0 heterocycles. The van der Waals surface area contributed by atoms with Gasteiger partial charge >= 0.3 is 0 Å². The number of ether oxygens (including phenoxy) is 1. The number of aliphatic hydroxyl groups excluding tert-OH is 1. The van der Waals surface area contributed by atoms with Gasteiger partial charge in [-0.3, -0.25) is 9.59 Å². The molecule has 0 saturated heterocycles. The molecule has 0 saturated carbocycles. The third-order valence-corrected chi connectivity index (χ3v) is 4.28. The first kappa shape index (κ1) is 20.5. The predicted molar refractivity (Wildman–Crippen MR) is 103 cm³/mol. The molecule has 1 atom stereocenters. The first-order chi connectivity index (χ1) is 12.9. The lowest BCUT2D eigenvalue weighted by atomic mass is 9.84. The molecule has 27 heavy (non-hydrogen) atoms. The molecular formula is C21H26N2O4. The molecule has 0 unspecified atom stereocenters. The van der Waals surface area contributed by atoms with Crippen LogP contribution < -0.4 is 15.8 Å². The highest BCUT2D eigenvalue weighted by molar-refractivity contribution is 5.93. The van der Waals surface area contributed by atoms with Crippen LogP contribution in [-0.4, -0.2) is 36.7 Å². The Morgan fingerprint density at radius 3 is 2.56 bits per heavy atom. The fraction of sp³-hybridized carbons (Fsp3) is 0.333. The lowest BCUT2D eigenvalue weighted by Crippen LogP contribution is -2.39. The normalized spacial score (nSPS) is 12.8. The van der Waals surface area contributed by atoms with E-state index in [0.29, 0.717) is 24.3 Å². The molecule has 0 spiro atoms. The van der Waals surface area contributed by atoms with Gasteiger partial charge in [-0.1, -0.05) is 43.3 Å². The van der Waals surface area contributed by atoms with Crippen LogP contribution >= 0.6 is 0 Å². The maximum atomic E-state index is 12.1. The van der Waals surface area contributed by atoms with Gasteiger partial charge in [-0.25, -0.2) is 0 Å². The molecule has 144 valence electrons. The second kappa shape index (κ2) is 9.73. The number of rotatable bonds is 10. The number of benzene rings is 2. The Morgan fingerprint density at radius 1 is 1.15 bits per heavy atom. The maximum Gasteiger partial charge on any atom is 0.248 e. The summed E-state index contributed by atoms with van der Waals surface area (Å²) in [6.07, 6.45) is 0.842. The van der Waals surface area contributed by atoms with Crippen molar-refractivity contribution < 1.29 is 19.4 Å². The summed E-state index contributed by atoms with van der Waals surface area (Å²) >= 11 is 0. The Labute approximate surface area is 159 Å². The molecule has 0 aromatic heterocycles. The number of aliphatic hydroxyl groups is 1. The largest absolute Gasteiger partial charge is 0.493 e. The van der Waals surface area contributed by atoms with Crippen molar-refractivity contribution in [2.75, 3.05) is 19.8 Å². The summed E-state index contributed by atoms with van der Waals surface area (Å²) < 4.78 is 5.50. The SMILES string of the molecule is C[C@](CO)(CNC(=O)CCOc1cccc(C(N)=O)c1)Cc1ccccc1. The van der Waals surface area contributed by atoms with Crippen molar-refractivity contribution in [2.24, 2.45) is 11.1 Å². The van der Waals surface area contributed by atoms with Crippen molar-refractivity contribution in [1.82, 2.24) is 5.32 Å². The third-order valence-electron chi connectivity index (χ3n) is 4.28. The standard InChI is InChI=1S/C21H26N2O4/c1-21(15-24,13-16-6-3-2-4-7-16)14-23-19(25)10-11-27-18-9-5-8-17(12-18)20(22)26/h2-9,12,24H,10-11,13-15H2,1H3,(H2,22,26)(H,23,25)/t21-/m1/s1. The lowest BCUT2D eigenvalue weighted by molar-refractivity contribution is -0.122. The van der Waals surface area contributed by atoms with Crippen LogP contribution in [0.1, 0.15) is 29.3 Å². The van der Waals surface area contributed by atoms with Crippen molar-refractivity contribution >= 4 is 11.8 Å². The second-order valence-corrected chi connectivity index (χ2v) is 6.90. The van der Waals surface area contributed by atoms with E-state index in [-0.39, 0.29) is 25.5 Å². The van der Waals surface area contributed by atoms with Crippen molar-refractivity contribution in [3.63, 3.8) is 0 Å². The molecule has 2 aromatic rings. The molecule has 0 aliphatic carbocycles. The topological polar surface area (TPSA) is 102 Å². The molecule has 0 bridgehead atoms. The summed E-state index contributed by atoms with van der Waals surface area (Å²) in [7, 11) is 0. The van der Waals surface area contributed by atoms with E-state index in [1.807, 2.05) is 37.3 Å². The smallest absolute Gasteiger partial charge is 0.248 e. The summed E-state index contributed by atoms with van der Waals surface area (Å²) in [6, 6.07) is 16.4. The molecule has 0 aliphatic heterocycles. The molecule has 2 aromatic carbocycles. The number of carbonyl (C=O) groups excluding carboxylic acids is 2. The minimum Gasteiger partial charge on any atom is -0.493 e. The third kappa shape index (κ3) is 6.75.